The zero-order valence-corrected chi connectivity index (χ0v) is 18.5. The number of carbonyl (C=O) groups is 1. The minimum Gasteiger partial charge on any atom is -0.350 e. The number of hydrogen-bond acceptors (Lipinski definition) is 2. The molecule has 2 aromatic heterocycles. The molecule has 1 unspecified atom stereocenters. The largest absolute Gasteiger partial charge is 0.350 e. The van der Waals surface area contributed by atoms with Crippen LogP contribution in [0, 0.1) is 25.2 Å². The van der Waals surface area contributed by atoms with Crippen LogP contribution in [-0.2, 0) is 11.8 Å². The van der Waals surface area contributed by atoms with Crippen LogP contribution in [0.1, 0.15) is 79.5 Å². The zero-order valence-electron chi connectivity index (χ0n) is 18.5. The van der Waals surface area contributed by atoms with Crippen LogP contribution in [0.5, 0.6) is 0 Å². The number of aromatic nitrogens is 2. The molecule has 0 bridgehead atoms. The third kappa shape index (κ3) is 3.79. The summed E-state index contributed by atoms with van der Waals surface area (Å²) in [5, 5.41) is 13.0. The smallest absolute Gasteiger partial charge is 0.280 e. The molecule has 6 nitrogen and oxygen atoms in total. The molecule has 2 aromatic rings. The molecule has 4 rings (SSSR count). The summed E-state index contributed by atoms with van der Waals surface area (Å²) in [5.74, 6) is 0.732. The number of nitriles is 1. The fraction of sp³-hybridized carbons (Fsp3) is 0.583. The minimum absolute atomic E-state index is 0.0113. The first-order chi connectivity index (χ1) is 14.5. The van der Waals surface area contributed by atoms with Gasteiger partial charge in [0.05, 0.1) is 17.8 Å². The average molecular weight is 409 g/mol. The number of likely N-dealkylation sites (tertiary alicyclic amines) is 1. The number of amides is 1. The first-order valence-electron chi connectivity index (χ1n) is 11.4. The second kappa shape index (κ2) is 8.69. The van der Waals surface area contributed by atoms with E-state index in [0.717, 1.165) is 49.3 Å². The van der Waals surface area contributed by atoms with Gasteiger partial charge in [0.15, 0.2) is 6.54 Å². The lowest BCUT2D eigenvalue weighted by Crippen LogP contribution is -3.11. The molecule has 1 saturated carbocycles. The molecule has 1 saturated heterocycles. The van der Waals surface area contributed by atoms with Crippen molar-refractivity contribution in [1.29, 1.82) is 5.26 Å². The summed E-state index contributed by atoms with van der Waals surface area (Å²) < 4.78 is 4.42. The Bertz CT molecular complexity index is 957. The summed E-state index contributed by atoms with van der Waals surface area (Å²) in [6, 6.07) is 7.34. The van der Waals surface area contributed by atoms with Crippen molar-refractivity contribution in [3.05, 3.63) is 40.8 Å². The molecule has 0 spiro atoms. The molecule has 6 heteroatoms. The Morgan fingerprint density at radius 1 is 1.23 bits per heavy atom. The summed E-state index contributed by atoms with van der Waals surface area (Å²) in [4.78, 5) is 14.4. The van der Waals surface area contributed by atoms with Crippen molar-refractivity contribution in [3.8, 4) is 6.07 Å². The zero-order chi connectivity index (χ0) is 21.3. The van der Waals surface area contributed by atoms with E-state index in [1.54, 1.807) is 0 Å². The summed E-state index contributed by atoms with van der Waals surface area (Å²) >= 11 is 0. The Kier molecular flexibility index (Phi) is 6.01. The molecule has 1 amide bonds. The Morgan fingerprint density at radius 2 is 2.00 bits per heavy atom. The Morgan fingerprint density at radius 3 is 2.67 bits per heavy atom. The summed E-state index contributed by atoms with van der Waals surface area (Å²) in [7, 11) is 2.08. The van der Waals surface area contributed by atoms with E-state index >= 15 is 0 Å². The molecule has 1 aliphatic carbocycles. The average Bonchev–Trinajstić information content (AvgIpc) is 3.42. The van der Waals surface area contributed by atoms with Crippen LogP contribution in [0.15, 0.2) is 18.3 Å². The molecular weight excluding hydrogens is 374 g/mol. The van der Waals surface area contributed by atoms with Gasteiger partial charge in [-0.3, -0.25) is 4.79 Å². The predicted octanol–water partition coefficient (Wildman–Crippen LogP) is 3.18. The minimum atomic E-state index is 0.0113. The summed E-state index contributed by atoms with van der Waals surface area (Å²) in [6.07, 6.45) is 10.3. The molecule has 30 heavy (non-hydrogen) atoms. The van der Waals surface area contributed by atoms with Crippen LogP contribution in [0.3, 0.4) is 0 Å². The van der Waals surface area contributed by atoms with Gasteiger partial charge in [-0.25, -0.2) is 0 Å². The van der Waals surface area contributed by atoms with Gasteiger partial charge in [0.2, 0.25) is 0 Å². The van der Waals surface area contributed by atoms with Crippen molar-refractivity contribution in [1.82, 2.24) is 9.13 Å². The third-order valence-corrected chi connectivity index (χ3v) is 7.28. The number of nitrogens with zero attached hydrogens (tertiary/aromatic N) is 3. The second-order valence-corrected chi connectivity index (χ2v) is 9.08. The molecule has 2 fully saturated rings. The van der Waals surface area contributed by atoms with Gasteiger partial charge >= 0.3 is 0 Å². The van der Waals surface area contributed by atoms with Crippen molar-refractivity contribution in [2.24, 2.45) is 7.05 Å². The van der Waals surface area contributed by atoms with E-state index in [9.17, 15) is 10.1 Å². The molecule has 0 radical (unpaired) electrons. The highest BCUT2D eigenvalue weighted by atomic mass is 16.2. The van der Waals surface area contributed by atoms with E-state index in [1.807, 2.05) is 6.92 Å². The second-order valence-electron chi connectivity index (χ2n) is 9.08. The highest BCUT2D eigenvalue weighted by molar-refractivity contribution is 5.92. The lowest BCUT2D eigenvalue weighted by atomic mass is 9.95. The normalized spacial score (nSPS) is 22.2. The van der Waals surface area contributed by atoms with Gasteiger partial charge in [-0.15, -0.1) is 0 Å². The number of aryl methyl sites for hydroxylation is 1. The number of quaternary nitrogens is 1. The molecule has 2 atom stereocenters. The molecule has 2 N–H and O–H groups in total. The lowest BCUT2D eigenvalue weighted by molar-refractivity contribution is -0.910. The molecule has 0 aromatic carbocycles. The van der Waals surface area contributed by atoms with Crippen molar-refractivity contribution in [2.75, 3.05) is 18.4 Å². The van der Waals surface area contributed by atoms with E-state index in [-0.39, 0.29) is 5.91 Å². The van der Waals surface area contributed by atoms with Crippen molar-refractivity contribution in [2.45, 2.75) is 70.9 Å². The van der Waals surface area contributed by atoms with Crippen molar-refractivity contribution in [3.63, 3.8) is 0 Å². The molecule has 1 aliphatic heterocycles. The van der Waals surface area contributed by atoms with Crippen molar-refractivity contribution >= 4 is 11.7 Å². The standard InChI is InChI=1S/C24H33N5O/c1-17-18(2)29(19-9-5-4-6-10-19)24(20(17)15-25)26-23(30)16-28-14-8-12-22(28)21-11-7-13-27(21)3/h7,11,13,19,22H,4-6,8-10,12,14,16H2,1-3H3,(H,26,30)/p+1/t22-/m1/s1. The third-order valence-electron chi connectivity index (χ3n) is 7.28. The molecule has 2 aliphatic rings. The summed E-state index contributed by atoms with van der Waals surface area (Å²) in [6.45, 7) is 5.53. The first kappa shape index (κ1) is 20.7. The lowest BCUT2D eigenvalue weighted by Gasteiger charge is -2.27. The van der Waals surface area contributed by atoms with E-state index in [2.05, 4.69) is 52.8 Å². The first-order valence-corrected chi connectivity index (χ1v) is 11.4. The Balaban J connectivity index is 1.55. The topological polar surface area (TPSA) is 67.2 Å². The van der Waals surface area contributed by atoms with E-state index in [4.69, 9.17) is 0 Å². The fourth-order valence-electron chi connectivity index (χ4n) is 5.58. The summed E-state index contributed by atoms with van der Waals surface area (Å²) in [5.41, 5.74) is 4.03. The van der Waals surface area contributed by atoms with Crippen LogP contribution < -0.4 is 10.2 Å². The maximum Gasteiger partial charge on any atom is 0.280 e. The number of carbonyl (C=O) groups excluding carboxylic acids is 1. The Hall–Kier alpha value is -2.52. The fourth-order valence-corrected chi connectivity index (χ4v) is 5.58. The molecular formula is C24H34N5O+. The predicted molar refractivity (Wildman–Crippen MR) is 117 cm³/mol. The Labute approximate surface area is 179 Å². The maximum atomic E-state index is 13.1. The van der Waals surface area contributed by atoms with Gasteiger partial charge in [0, 0.05) is 37.8 Å². The number of anilines is 1. The molecule has 3 heterocycles. The number of hydrogen-bond donors (Lipinski definition) is 2. The van der Waals surface area contributed by atoms with Gasteiger partial charge in [-0.05, 0) is 44.4 Å². The highest BCUT2D eigenvalue weighted by Gasteiger charge is 2.34. The molecule has 160 valence electrons. The van der Waals surface area contributed by atoms with E-state index in [1.165, 1.54) is 29.9 Å². The van der Waals surface area contributed by atoms with Crippen LogP contribution in [-0.4, -0.2) is 28.1 Å². The van der Waals surface area contributed by atoms with Gasteiger partial charge in [0.25, 0.3) is 5.91 Å². The highest BCUT2D eigenvalue weighted by Crippen LogP contribution is 2.36. The van der Waals surface area contributed by atoms with Crippen molar-refractivity contribution < 1.29 is 9.69 Å². The van der Waals surface area contributed by atoms with Gasteiger partial charge in [-0.2, -0.15) is 5.26 Å². The van der Waals surface area contributed by atoms with E-state index < -0.39 is 0 Å². The van der Waals surface area contributed by atoms with Gasteiger partial charge < -0.3 is 19.4 Å². The number of nitrogens with one attached hydrogen (secondary N) is 2. The van der Waals surface area contributed by atoms with E-state index in [0.29, 0.717) is 24.2 Å². The van der Waals surface area contributed by atoms with Gasteiger partial charge in [-0.1, -0.05) is 19.3 Å². The van der Waals surface area contributed by atoms with Crippen LogP contribution in [0.2, 0.25) is 0 Å². The number of rotatable bonds is 5. The maximum absolute atomic E-state index is 13.1. The van der Waals surface area contributed by atoms with Crippen LogP contribution >= 0.6 is 0 Å². The quantitative estimate of drug-likeness (QED) is 0.798. The van der Waals surface area contributed by atoms with Gasteiger partial charge in [0.1, 0.15) is 17.9 Å². The SMILES string of the molecule is Cc1c(C#N)c(NC(=O)C[NH+]2CCC[C@@H]2c2cccn2C)n(C2CCCCC2)c1C. The van der Waals surface area contributed by atoms with Crippen LogP contribution in [0.25, 0.3) is 0 Å². The monoisotopic (exact) mass is 408 g/mol. The van der Waals surface area contributed by atoms with Crippen LogP contribution in [0.4, 0.5) is 5.82 Å².